The number of halogens is 2. The third-order valence-electron chi connectivity index (χ3n) is 1.84. The molecule has 0 aliphatic rings. The van der Waals surface area contributed by atoms with Gasteiger partial charge in [0.05, 0.1) is 12.1 Å². The Morgan fingerprint density at radius 3 is 2.54 bits per heavy atom. The highest BCUT2D eigenvalue weighted by Crippen LogP contribution is 2.26. The number of hydrogen-bond acceptors (Lipinski definition) is 2. The molecule has 2 nitrogen and oxygen atoms in total. The Bertz CT molecular complexity index is 302. The summed E-state index contributed by atoms with van der Waals surface area (Å²) in [4.78, 5) is 0. The fourth-order valence-corrected chi connectivity index (χ4v) is 1.45. The number of aliphatic hydroxyl groups is 1. The molecule has 0 aromatic heterocycles. The van der Waals surface area contributed by atoms with Crippen LogP contribution in [0.2, 0.25) is 10.0 Å². The summed E-state index contributed by atoms with van der Waals surface area (Å²) in [5.41, 5.74) is 6.38. The van der Waals surface area contributed by atoms with E-state index < -0.39 is 12.1 Å². The van der Waals surface area contributed by atoms with E-state index in [-0.39, 0.29) is 0 Å². The predicted molar refractivity (Wildman–Crippen MR) is 55.1 cm³/mol. The maximum Gasteiger partial charge on any atom is 0.0705 e. The number of hydrogen-bond donors (Lipinski definition) is 2. The van der Waals surface area contributed by atoms with Crippen molar-refractivity contribution < 1.29 is 5.11 Å². The molecule has 0 aliphatic carbocycles. The van der Waals surface area contributed by atoms with Gasteiger partial charge in [-0.2, -0.15) is 0 Å². The van der Waals surface area contributed by atoms with Crippen molar-refractivity contribution in [1.29, 1.82) is 0 Å². The minimum atomic E-state index is -0.643. The Labute approximate surface area is 87.3 Å². The van der Waals surface area contributed by atoms with Crippen molar-refractivity contribution in [3.8, 4) is 0 Å². The molecule has 0 saturated carbocycles. The largest absolute Gasteiger partial charge is 0.391 e. The Kier molecular flexibility index (Phi) is 3.56. The average molecular weight is 220 g/mol. The molecule has 4 heteroatoms. The van der Waals surface area contributed by atoms with E-state index in [4.69, 9.17) is 28.9 Å². The van der Waals surface area contributed by atoms with Gasteiger partial charge in [-0.3, -0.25) is 0 Å². The maximum absolute atomic E-state index is 9.26. The molecular formula is C9H11Cl2NO. The van der Waals surface area contributed by atoms with Crippen LogP contribution in [0.25, 0.3) is 0 Å². The third kappa shape index (κ3) is 2.58. The molecule has 1 unspecified atom stereocenters. The highest BCUT2D eigenvalue weighted by atomic mass is 35.5. The lowest BCUT2D eigenvalue weighted by atomic mass is 10.0. The van der Waals surface area contributed by atoms with Gasteiger partial charge in [0.2, 0.25) is 0 Å². The second-order valence-electron chi connectivity index (χ2n) is 2.93. The first-order chi connectivity index (χ1) is 6.02. The minimum Gasteiger partial charge on any atom is -0.391 e. The molecular weight excluding hydrogens is 209 g/mol. The lowest BCUT2D eigenvalue weighted by Crippen LogP contribution is -2.23. The second kappa shape index (κ2) is 4.29. The van der Waals surface area contributed by atoms with Crippen LogP contribution in [0.1, 0.15) is 18.5 Å². The summed E-state index contributed by atoms with van der Waals surface area (Å²) in [7, 11) is 0. The van der Waals surface area contributed by atoms with Crippen LogP contribution in [0.5, 0.6) is 0 Å². The zero-order valence-corrected chi connectivity index (χ0v) is 8.68. The van der Waals surface area contributed by atoms with E-state index in [2.05, 4.69) is 0 Å². The fraction of sp³-hybridized carbons (Fsp3) is 0.333. The fourth-order valence-electron chi connectivity index (χ4n) is 1.03. The summed E-state index contributed by atoms with van der Waals surface area (Å²) in [6, 6.07) is 4.52. The summed E-state index contributed by atoms with van der Waals surface area (Å²) >= 11 is 11.7. The smallest absolute Gasteiger partial charge is 0.0705 e. The first-order valence-electron chi connectivity index (χ1n) is 3.91. The van der Waals surface area contributed by atoms with Gasteiger partial charge in [0.25, 0.3) is 0 Å². The molecule has 1 rings (SSSR count). The zero-order chi connectivity index (χ0) is 10.0. The van der Waals surface area contributed by atoms with Crippen LogP contribution in [0, 0.1) is 0 Å². The van der Waals surface area contributed by atoms with Gasteiger partial charge in [-0.15, -0.1) is 0 Å². The van der Waals surface area contributed by atoms with E-state index in [1.807, 2.05) is 0 Å². The van der Waals surface area contributed by atoms with Crippen molar-refractivity contribution in [2.75, 3.05) is 0 Å². The molecule has 0 bridgehead atoms. The van der Waals surface area contributed by atoms with Crippen LogP contribution in [0.15, 0.2) is 18.2 Å². The monoisotopic (exact) mass is 219 g/mol. The van der Waals surface area contributed by atoms with Crippen molar-refractivity contribution in [3.05, 3.63) is 33.8 Å². The normalized spacial score (nSPS) is 15.5. The Morgan fingerprint density at radius 2 is 2.00 bits per heavy atom. The third-order valence-corrected chi connectivity index (χ3v) is 2.42. The molecule has 2 atom stereocenters. The van der Waals surface area contributed by atoms with Crippen molar-refractivity contribution >= 4 is 23.2 Å². The van der Waals surface area contributed by atoms with Crippen molar-refractivity contribution in [2.24, 2.45) is 5.73 Å². The Hall–Kier alpha value is -0.280. The number of benzene rings is 1. The molecule has 0 spiro atoms. The molecule has 1 aromatic rings. The van der Waals surface area contributed by atoms with Gasteiger partial charge in [-0.05, 0) is 30.7 Å². The Morgan fingerprint density at radius 1 is 1.38 bits per heavy atom. The molecule has 13 heavy (non-hydrogen) atoms. The van der Waals surface area contributed by atoms with Crippen molar-refractivity contribution in [3.63, 3.8) is 0 Å². The highest BCUT2D eigenvalue weighted by Gasteiger charge is 2.15. The highest BCUT2D eigenvalue weighted by molar-refractivity contribution is 6.33. The van der Waals surface area contributed by atoms with Crippen LogP contribution in [0.3, 0.4) is 0 Å². The summed E-state index contributed by atoms with van der Waals surface area (Å²) < 4.78 is 0. The predicted octanol–water partition coefficient (Wildman–Crippen LogP) is 2.37. The van der Waals surface area contributed by atoms with E-state index in [1.165, 1.54) is 0 Å². The summed E-state index contributed by atoms with van der Waals surface area (Å²) in [5, 5.41) is 10.4. The topological polar surface area (TPSA) is 46.2 Å². The minimum absolute atomic E-state index is 0.494. The summed E-state index contributed by atoms with van der Waals surface area (Å²) in [6.45, 7) is 1.61. The molecule has 72 valence electrons. The van der Waals surface area contributed by atoms with E-state index in [0.717, 1.165) is 0 Å². The van der Waals surface area contributed by atoms with E-state index in [9.17, 15) is 5.11 Å². The summed E-state index contributed by atoms with van der Waals surface area (Å²) in [5.74, 6) is 0. The van der Waals surface area contributed by atoms with E-state index in [1.54, 1.807) is 25.1 Å². The molecule has 1 aromatic carbocycles. The van der Waals surface area contributed by atoms with Gasteiger partial charge in [0.15, 0.2) is 0 Å². The van der Waals surface area contributed by atoms with Crippen LogP contribution in [0.4, 0.5) is 0 Å². The average Bonchev–Trinajstić information content (AvgIpc) is 2.08. The molecule has 0 radical (unpaired) electrons. The van der Waals surface area contributed by atoms with Crippen LogP contribution in [-0.2, 0) is 0 Å². The molecule has 0 fully saturated rings. The van der Waals surface area contributed by atoms with Gasteiger partial charge < -0.3 is 10.8 Å². The first-order valence-corrected chi connectivity index (χ1v) is 4.66. The molecule has 0 saturated heterocycles. The zero-order valence-electron chi connectivity index (χ0n) is 7.17. The van der Waals surface area contributed by atoms with Crippen LogP contribution in [-0.4, -0.2) is 11.2 Å². The number of rotatable bonds is 2. The van der Waals surface area contributed by atoms with Gasteiger partial charge in [-0.1, -0.05) is 23.2 Å². The molecule has 0 amide bonds. The molecule has 3 N–H and O–H groups in total. The van der Waals surface area contributed by atoms with Crippen LogP contribution >= 0.6 is 23.2 Å². The van der Waals surface area contributed by atoms with E-state index >= 15 is 0 Å². The molecule has 0 aliphatic heterocycles. The van der Waals surface area contributed by atoms with Gasteiger partial charge in [0.1, 0.15) is 0 Å². The second-order valence-corrected chi connectivity index (χ2v) is 3.78. The van der Waals surface area contributed by atoms with Gasteiger partial charge >= 0.3 is 0 Å². The maximum atomic E-state index is 9.26. The lowest BCUT2D eigenvalue weighted by molar-refractivity contribution is 0.164. The standard InChI is InChI=1S/C9H11Cl2NO/c1-5(13)9(12)7-4-6(10)2-3-8(7)11/h2-5,9,13H,12H2,1H3/t5?,9-/m1/s1. The Balaban J connectivity index is 3.05. The number of aliphatic hydroxyl groups excluding tert-OH is 1. The van der Waals surface area contributed by atoms with Crippen molar-refractivity contribution in [1.82, 2.24) is 0 Å². The number of nitrogens with two attached hydrogens (primary N) is 1. The molecule has 0 heterocycles. The van der Waals surface area contributed by atoms with Gasteiger partial charge in [0, 0.05) is 10.0 Å². The van der Waals surface area contributed by atoms with Crippen molar-refractivity contribution in [2.45, 2.75) is 19.1 Å². The SMILES string of the molecule is CC(O)[C@@H](N)c1cc(Cl)ccc1Cl. The van der Waals surface area contributed by atoms with E-state index in [0.29, 0.717) is 15.6 Å². The quantitative estimate of drug-likeness (QED) is 0.803. The summed E-state index contributed by atoms with van der Waals surface area (Å²) in [6.07, 6.45) is -0.643. The van der Waals surface area contributed by atoms with Gasteiger partial charge in [-0.25, -0.2) is 0 Å². The van der Waals surface area contributed by atoms with Crippen LogP contribution < -0.4 is 5.73 Å². The lowest BCUT2D eigenvalue weighted by Gasteiger charge is -2.16. The first kappa shape index (κ1) is 10.8.